The normalized spacial score (nSPS) is 23.0. The van der Waals surface area contributed by atoms with Gasteiger partial charge >= 0.3 is 0 Å². The summed E-state index contributed by atoms with van der Waals surface area (Å²) in [5, 5.41) is 0. The van der Waals surface area contributed by atoms with Gasteiger partial charge in [0.25, 0.3) is 0 Å². The van der Waals surface area contributed by atoms with Crippen LogP contribution in [0.1, 0.15) is 87.0 Å². The topological polar surface area (TPSA) is 0 Å². The monoisotopic (exact) mass is 420 g/mol. The first-order valence-electron chi connectivity index (χ1n) is 12.2. The molecule has 0 N–H and O–H groups in total. The van der Waals surface area contributed by atoms with Gasteiger partial charge in [0.1, 0.15) is 0 Å². The molecular weight excluding hydrogens is 386 g/mol. The fourth-order valence-corrected chi connectivity index (χ4v) is 5.61. The zero-order valence-corrected chi connectivity index (χ0v) is 18.7. The molecule has 0 heterocycles. The van der Waals surface area contributed by atoms with Crippen molar-refractivity contribution in [2.45, 2.75) is 77.6 Å². The Morgan fingerprint density at radius 3 is 2.26 bits per heavy atom. The van der Waals surface area contributed by atoms with Gasteiger partial charge in [-0.25, -0.2) is 8.78 Å². The predicted octanol–water partition coefficient (Wildman–Crippen LogP) is 7.86. The number of halogens is 2. The van der Waals surface area contributed by atoms with Crippen molar-refractivity contribution < 1.29 is 8.78 Å². The molecule has 164 valence electrons. The van der Waals surface area contributed by atoms with Crippen LogP contribution in [-0.2, 0) is 12.8 Å². The zero-order chi connectivity index (χ0) is 21.6. The maximum absolute atomic E-state index is 13.4. The highest BCUT2D eigenvalue weighted by Gasteiger charge is 2.30. The number of aryl methyl sites for hydroxylation is 1. The molecule has 4 rings (SSSR count). The van der Waals surface area contributed by atoms with Crippen LogP contribution in [0.2, 0.25) is 0 Å². The Bertz CT molecular complexity index is 941. The summed E-state index contributed by atoms with van der Waals surface area (Å²) in [5.41, 5.74) is 4.36. The maximum atomic E-state index is 13.4. The van der Waals surface area contributed by atoms with E-state index < -0.39 is 11.6 Å². The Hall–Kier alpha value is -2.14. The van der Waals surface area contributed by atoms with E-state index in [4.69, 9.17) is 0 Å². The summed E-state index contributed by atoms with van der Waals surface area (Å²) < 4.78 is 26.4. The average molecular weight is 421 g/mol. The number of unbranched alkanes of at least 4 members (excludes halogenated alkanes) is 2. The molecule has 2 aliphatic rings. The molecule has 0 nitrogen and oxygen atoms in total. The van der Waals surface area contributed by atoms with Crippen LogP contribution >= 0.6 is 0 Å². The minimum absolute atomic E-state index is 0.502. The highest BCUT2D eigenvalue weighted by molar-refractivity contribution is 5.46. The maximum Gasteiger partial charge on any atom is 0.160 e. The minimum Gasteiger partial charge on any atom is -0.204 e. The molecule has 2 aliphatic carbocycles. The Kier molecular flexibility index (Phi) is 7.44. The van der Waals surface area contributed by atoms with E-state index in [-0.39, 0.29) is 0 Å². The summed E-state index contributed by atoms with van der Waals surface area (Å²) in [7, 11) is 0. The quantitative estimate of drug-likeness (QED) is 0.341. The Labute approximate surface area is 186 Å². The van der Waals surface area contributed by atoms with E-state index in [1.165, 1.54) is 81.4 Å². The van der Waals surface area contributed by atoms with Crippen LogP contribution in [0, 0.1) is 41.2 Å². The fraction of sp³-hybridized carbons (Fsp3) is 0.517. The third-order valence-corrected chi connectivity index (χ3v) is 7.52. The predicted molar refractivity (Wildman–Crippen MR) is 124 cm³/mol. The van der Waals surface area contributed by atoms with Crippen LogP contribution in [0.25, 0.3) is 0 Å². The highest BCUT2D eigenvalue weighted by Crippen LogP contribution is 2.40. The molecule has 2 aromatic carbocycles. The smallest absolute Gasteiger partial charge is 0.160 e. The molecule has 0 saturated heterocycles. The number of hydrogen-bond acceptors (Lipinski definition) is 0. The summed E-state index contributed by atoms with van der Waals surface area (Å²) >= 11 is 0. The second kappa shape index (κ2) is 10.4. The van der Waals surface area contributed by atoms with Crippen molar-refractivity contribution in [2.75, 3.05) is 0 Å². The van der Waals surface area contributed by atoms with Crippen molar-refractivity contribution in [3.63, 3.8) is 0 Å². The van der Waals surface area contributed by atoms with Gasteiger partial charge in [0, 0.05) is 11.1 Å². The van der Waals surface area contributed by atoms with Gasteiger partial charge in [-0.2, -0.15) is 0 Å². The van der Waals surface area contributed by atoms with Crippen LogP contribution in [0.4, 0.5) is 8.78 Å². The minimum atomic E-state index is -0.849. The molecule has 0 spiro atoms. The third-order valence-electron chi connectivity index (χ3n) is 7.52. The molecule has 1 saturated carbocycles. The molecule has 0 bridgehead atoms. The van der Waals surface area contributed by atoms with Gasteiger partial charge in [-0.15, -0.1) is 0 Å². The Balaban J connectivity index is 1.34. The first-order chi connectivity index (χ1) is 15.1. The van der Waals surface area contributed by atoms with E-state index in [0.29, 0.717) is 5.56 Å². The largest absolute Gasteiger partial charge is 0.204 e. The lowest BCUT2D eigenvalue weighted by Crippen LogP contribution is -2.26. The Morgan fingerprint density at radius 2 is 1.52 bits per heavy atom. The van der Waals surface area contributed by atoms with Crippen molar-refractivity contribution in [1.29, 1.82) is 0 Å². The van der Waals surface area contributed by atoms with Crippen molar-refractivity contribution >= 4 is 0 Å². The van der Waals surface area contributed by atoms with E-state index in [1.54, 1.807) is 0 Å². The standard InChI is InChI=1S/C29H34F2/c1-2-3-4-5-21-8-12-24(13-9-21)26-16-15-25-18-22(10-14-27(25)20-26)6-7-23-11-17-28(30)29(31)19-23/h10-11,14,17-19,21,24,26H,2-5,8-9,12-13,15-16,20H2,1H3. The van der Waals surface area contributed by atoms with Gasteiger partial charge < -0.3 is 0 Å². The molecular formula is C29H34F2. The third kappa shape index (κ3) is 5.76. The van der Waals surface area contributed by atoms with Gasteiger partial charge in [-0.3, -0.25) is 0 Å². The van der Waals surface area contributed by atoms with Crippen molar-refractivity contribution in [1.82, 2.24) is 0 Å². The summed E-state index contributed by atoms with van der Waals surface area (Å²) in [6.45, 7) is 2.29. The fourth-order valence-electron chi connectivity index (χ4n) is 5.61. The van der Waals surface area contributed by atoms with Gasteiger partial charge in [0.2, 0.25) is 0 Å². The molecule has 1 unspecified atom stereocenters. The lowest BCUT2D eigenvalue weighted by molar-refractivity contribution is 0.183. The number of hydrogen-bond donors (Lipinski definition) is 0. The van der Waals surface area contributed by atoms with Gasteiger partial charge in [-0.1, -0.05) is 63.4 Å². The number of fused-ring (bicyclic) bond motifs is 1. The zero-order valence-electron chi connectivity index (χ0n) is 18.7. The van der Waals surface area contributed by atoms with Crippen LogP contribution < -0.4 is 0 Å². The highest BCUT2D eigenvalue weighted by atomic mass is 19.2. The lowest BCUT2D eigenvalue weighted by Gasteiger charge is -2.36. The van der Waals surface area contributed by atoms with Crippen molar-refractivity contribution in [3.05, 3.63) is 70.3 Å². The molecule has 1 atom stereocenters. The van der Waals surface area contributed by atoms with Crippen molar-refractivity contribution in [2.24, 2.45) is 17.8 Å². The summed E-state index contributed by atoms with van der Waals surface area (Å²) in [4.78, 5) is 0. The second-order valence-electron chi connectivity index (χ2n) is 9.64. The molecule has 31 heavy (non-hydrogen) atoms. The van der Waals surface area contributed by atoms with Crippen LogP contribution in [0.3, 0.4) is 0 Å². The molecule has 0 amide bonds. The molecule has 0 radical (unpaired) electrons. The first-order valence-corrected chi connectivity index (χ1v) is 12.2. The molecule has 2 aromatic rings. The van der Waals surface area contributed by atoms with Crippen LogP contribution in [0.15, 0.2) is 36.4 Å². The molecule has 0 aromatic heterocycles. The summed E-state index contributed by atoms with van der Waals surface area (Å²) in [5.74, 6) is 7.12. The molecule has 2 heteroatoms. The van der Waals surface area contributed by atoms with Gasteiger partial charge in [-0.05, 0) is 91.3 Å². The van der Waals surface area contributed by atoms with E-state index in [2.05, 4.69) is 37.0 Å². The first kappa shape index (κ1) is 22.1. The van der Waals surface area contributed by atoms with E-state index in [9.17, 15) is 8.78 Å². The van der Waals surface area contributed by atoms with E-state index in [0.717, 1.165) is 41.9 Å². The van der Waals surface area contributed by atoms with E-state index in [1.807, 2.05) is 0 Å². The SMILES string of the molecule is CCCCCC1CCC(C2CCc3cc(C#Cc4ccc(F)c(F)c4)ccc3C2)CC1. The molecule has 1 fully saturated rings. The Morgan fingerprint density at radius 1 is 0.774 bits per heavy atom. The molecule has 0 aliphatic heterocycles. The second-order valence-corrected chi connectivity index (χ2v) is 9.64. The van der Waals surface area contributed by atoms with Crippen molar-refractivity contribution in [3.8, 4) is 11.8 Å². The summed E-state index contributed by atoms with van der Waals surface area (Å²) in [6.07, 6.45) is 15.0. The number of benzene rings is 2. The van der Waals surface area contributed by atoms with Crippen LogP contribution in [0.5, 0.6) is 0 Å². The van der Waals surface area contributed by atoms with Crippen LogP contribution in [-0.4, -0.2) is 0 Å². The number of rotatable bonds is 5. The average Bonchev–Trinajstić information content (AvgIpc) is 2.80. The van der Waals surface area contributed by atoms with Gasteiger partial charge in [0.15, 0.2) is 11.6 Å². The van der Waals surface area contributed by atoms with E-state index >= 15 is 0 Å². The lowest BCUT2D eigenvalue weighted by atomic mass is 9.69. The summed E-state index contributed by atoms with van der Waals surface area (Å²) in [6, 6.07) is 10.3. The van der Waals surface area contributed by atoms with Gasteiger partial charge in [0.05, 0.1) is 0 Å².